The highest BCUT2D eigenvalue weighted by molar-refractivity contribution is 7.91. The summed E-state index contributed by atoms with van der Waals surface area (Å²) in [4.78, 5) is 14.3. The van der Waals surface area contributed by atoms with Crippen LogP contribution in [0.4, 0.5) is 0 Å². The molecule has 1 aliphatic rings. The highest BCUT2D eigenvalue weighted by Gasteiger charge is 2.33. The summed E-state index contributed by atoms with van der Waals surface area (Å²) in [7, 11) is -1.44. The van der Waals surface area contributed by atoms with E-state index in [9.17, 15) is 13.2 Å². The Morgan fingerprint density at radius 2 is 2.20 bits per heavy atom. The maximum Gasteiger partial charge on any atom is 0.246 e. The molecular weight excluding hydrogens is 362 g/mol. The zero-order valence-corrected chi connectivity index (χ0v) is 16.1. The molecule has 1 aliphatic heterocycles. The quantitative estimate of drug-likeness (QED) is 0.534. The number of amides is 1. The Kier molecular flexibility index (Phi) is 7.04. The van der Waals surface area contributed by atoms with Gasteiger partial charge in [0.05, 0.1) is 11.5 Å². The summed E-state index contributed by atoms with van der Waals surface area (Å²) in [5.41, 5.74) is 1.81. The Morgan fingerprint density at radius 3 is 2.80 bits per heavy atom. The third-order valence-electron chi connectivity index (χ3n) is 4.29. The third-order valence-corrected chi connectivity index (χ3v) is 6.45. The average molecular weight is 386 g/mol. The van der Waals surface area contributed by atoms with Crippen LogP contribution in [0.3, 0.4) is 0 Å². The Bertz CT molecular complexity index is 745. The number of hydrogen-bond acceptors (Lipinski definition) is 4. The first-order valence-corrected chi connectivity index (χ1v) is 10.5. The van der Waals surface area contributed by atoms with E-state index in [0.717, 1.165) is 11.1 Å². The molecule has 1 unspecified atom stereocenters. The lowest BCUT2D eigenvalue weighted by molar-refractivity contribution is -0.127. The number of aryl methyl sites for hydroxylation is 1. The zero-order chi connectivity index (χ0) is 18.4. The molecule has 0 radical (unpaired) electrons. The van der Waals surface area contributed by atoms with Crippen LogP contribution in [0.5, 0.6) is 0 Å². The Balaban J connectivity index is 2.10. The maximum atomic E-state index is 12.6. The minimum atomic E-state index is -3.05. The van der Waals surface area contributed by atoms with E-state index < -0.39 is 9.84 Å². The Hall–Kier alpha value is -1.37. The van der Waals surface area contributed by atoms with Crippen LogP contribution < -0.4 is 0 Å². The SMILES string of the molecule is COCCCN(C(=O)/C=C/c1ccc(C)c(Cl)c1)C1CCS(=O)(=O)C1. The molecule has 5 nitrogen and oxygen atoms in total. The predicted octanol–water partition coefficient (Wildman–Crippen LogP) is 2.71. The van der Waals surface area contributed by atoms with Gasteiger partial charge in [-0.2, -0.15) is 0 Å². The van der Waals surface area contributed by atoms with Gasteiger partial charge in [-0.1, -0.05) is 23.7 Å². The average Bonchev–Trinajstić information content (AvgIpc) is 2.92. The number of benzene rings is 1. The van der Waals surface area contributed by atoms with Crippen LogP contribution in [-0.2, 0) is 19.4 Å². The summed E-state index contributed by atoms with van der Waals surface area (Å²) in [5.74, 6) is -0.00578. The molecule has 0 spiro atoms. The van der Waals surface area contributed by atoms with Gasteiger partial charge >= 0.3 is 0 Å². The predicted molar refractivity (Wildman–Crippen MR) is 100 cm³/mol. The molecule has 2 rings (SSSR count). The van der Waals surface area contributed by atoms with E-state index in [0.29, 0.717) is 31.0 Å². The van der Waals surface area contributed by atoms with Crippen molar-refractivity contribution < 1.29 is 17.9 Å². The van der Waals surface area contributed by atoms with E-state index in [-0.39, 0.29) is 23.5 Å². The van der Waals surface area contributed by atoms with Gasteiger partial charge in [0, 0.05) is 37.4 Å². The van der Waals surface area contributed by atoms with Gasteiger partial charge in [-0.05, 0) is 43.0 Å². The van der Waals surface area contributed by atoms with Crippen LogP contribution in [0.15, 0.2) is 24.3 Å². The van der Waals surface area contributed by atoms with Crippen molar-refractivity contribution in [3.05, 3.63) is 40.4 Å². The first kappa shape index (κ1) is 19.9. The van der Waals surface area contributed by atoms with Crippen molar-refractivity contribution in [2.75, 3.05) is 31.8 Å². The summed E-state index contributed by atoms with van der Waals surface area (Å²) in [6.07, 6.45) is 4.35. The first-order valence-electron chi connectivity index (χ1n) is 8.26. The van der Waals surface area contributed by atoms with Gasteiger partial charge in [0.1, 0.15) is 0 Å². The molecular formula is C18H24ClNO4S. The number of halogens is 1. The molecule has 1 aromatic rings. The molecule has 0 N–H and O–H groups in total. The lowest BCUT2D eigenvalue weighted by Gasteiger charge is -2.27. The number of sulfone groups is 1. The van der Waals surface area contributed by atoms with Crippen molar-refractivity contribution in [1.82, 2.24) is 4.90 Å². The minimum absolute atomic E-state index is 0.0376. The molecule has 0 aliphatic carbocycles. The standard InChI is InChI=1S/C18H24ClNO4S/c1-14-4-5-15(12-17(14)19)6-7-18(21)20(9-3-10-24-2)16-8-11-25(22,23)13-16/h4-7,12,16H,3,8-11,13H2,1-2H3/b7-6+. The zero-order valence-electron chi connectivity index (χ0n) is 14.6. The van der Waals surface area contributed by atoms with Crippen LogP contribution >= 0.6 is 11.6 Å². The van der Waals surface area contributed by atoms with Gasteiger partial charge in [0.2, 0.25) is 5.91 Å². The third kappa shape index (κ3) is 5.83. The molecule has 1 heterocycles. The van der Waals surface area contributed by atoms with Crippen molar-refractivity contribution in [2.24, 2.45) is 0 Å². The fourth-order valence-corrected chi connectivity index (χ4v) is 4.77. The minimum Gasteiger partial charge on any atom is -0.385 e. The van der Waals surface area contributed by atoms with E-state index in [2.05, 4.69) is 0 Å². The van der Waals surface area contributed by atoms with E-state index >= 15 is 0 Å². The number of methoxy groups -OCH3 is 1. The molecule has 1 aromatic carbocycles. The maximum absolute atomic E-state index is 12.6. The summed E-state index contributed by atoms with van der Waals surface area (Å²) in [6.45, 7) is 2.92. The van der Waals surface area contributed by atoms with Crippen LogP contribution in [0.25, 0.3) is 6.08 Å². The van der Waals surface area contributed by atoms with Crippen molar-refractivity contribution in [1.29, 1.82) is 0 Å². The van der Waals surface area contributed by atoms with Gasteiger partial charge in [-0.3, -0.25) is 4.79 Å². The molecule has 0 saturated carbocycles. The van der Waals surface area contributed by atoms with Gasteiger partial charge < -0.3 is 9.64 Å². The highest BCUT2D eigenvalue weighted by atomic mass is 35.5. The van der Waals surface area contributed by atoms with Crippen LogP contribution in [-0.4, -0.2) is 57.0 Å². The van der Waals surface area contributed by atoms with E-state index in [1.165, 1.54) is 6.08 Å². The number of ether oxygens (including phenoxy) is 1. The van der Waals surface area contributed by atoms with Gasteiger partial charge in [0.15, 0.2) is 9.84 Å². The van der Waals surface area contributed by atoms with E-state index in [1.807, 2.05) is 19.1 Å². The summed E-state index contributed by atoms with van der Waals surface area (Å²) < 4.78 is 28.5. The number of nitrogens with zero attached hydrogens (tertiary/aromatic N) is 1. The number of hydrogen-bond donors (Lipinski definition) is 0. The largest absolute Gasteiger partial charge is 0.385 e. The van der Waals surface area contributed by atoms with Crippen molar-refractivity contribution in [2.45, 2.75) is 25.8 Å². The molecule has 0 bridgehead atoms. The lowest BCUT2D eigenvalue weighted by atomic mass is 10.1. The van der Waals surface area contributed by atoms with Crippen LogP contribution in [0.1, 0.15) is 24.0 Å². The summed E-state index contributed by atoms with van der Waals surface area (Å²) >= 11 is 6.10. The van der Waals surface area contributed by atoms with Gasteiger partial charge in [-0.25, -0.2) is 8.42 Å². The van der Waals surface area contributed by atoms with Gasteiger partial charge in [0.25, 0.3) is 0 Å². The summed E-state index contributed by atoms with van der Waals surface area (Å²) in [6, 6.07) is 5.32. The Morgan fingerprint density at radius 1 is 1.44 bits per heavy atom. The topological polar surface area (TPSA) is 63.7 Å². The fraction of sp³-hybridized carbons (Fsp3) is 0.500. The van der Waals surface area contributed by atoms with Crippen LogP contribution in [0.2, 0.25) is 5.02 Å². The number of carbonyl (C=O) groups is 1. The second-order valence-electron chi connectivity index (χ2n) is 6.28. The normalized spacial score (nSPS) is 19.4. The molecule has 1 amide bonds. The second kappa shape index (κ2) is 8.83. The number of carbonyl (C=O) groups excluding carboxylic acids is 1. The second-order valence-corrected chi connectivity index (χ2v) is 8.91. The smallest absolute Gasteiger partial charge is 0.246 e. The van der Waals surface area contributed by atoms with Gasteiger partial charge in [-0.15, -0.1) is 0 Å². The van der Waals surface area contributed by atoms with Crippen molar-refractivity contribution in [3.63, 3.8) is 0 Å². The first-order chi connectivity index (χ1) is 11.8. The van der Waals surface area contributed by atoms with E-state index in [1.54, 1.807) is 24.2 Å². The molecule has 0 aromatic heterocycles. The Labute approximate surface area is 154 Å². The van der Waals surface area contributed by atoms with E-state index in [4.69, 9.17) is 16.3 Å². The molecule has 7 heteroatoms. The fourth-order valence-electron chi connectivity index (χ4n) is 2.85. The number of rotatable bonds is 7. The highest BCUT2D eigenvalue weighted by Crippen LogP contribution is 2.20. The molecule has 1 saturated heterocycles. The lowest BCUT2D eigenvalue weighted by Crippen LogP contribution is -2.41. The van der Waals surface area contributed by atoms with Crippen molar-refractivity contribution in [3.8, 4) is 0 Å². The molecule has 25 heavy (non-hydrogen) atoms. The monoisotopic (exact) mass is 385 g/mol. The van der Waals surface area contributed by atoms with Crippen molar-refractivity contribution >= 4 is 33.4 Å². The van der Waals surface area contributed by atoms with Crippen LogP contribution in [0, 0.1) is 6.92 Å². The molecule has 1 atom stereocenters. The molecule has 1 fully saturated rings. The molecule has 138 valence electrons. The summed E-state index contributed by atoms with van der Waals surface area (Å²) in [5, 5.41) is 0.647.